The summed E-state index contributed by atoms with van der Waals surface area (Å²) in [6.07, 6.45) is 12.6. The van der Waals surface area contributed by atoms with Crippen molar-refractivity contribution >= 4 is 28.5 Å². The van der Waals surface area contributed by atoms with E-state index in [0.717, 1.165) is 63.2 Å². The van der Waals surface area contributed by atoms with Crippen LogP contribution in [0.5, 0.6) is 5.75 Å². The van der Waals surface area contributed by atoms with Crippen LogP contribution >= 0.6 is 0 Å². The smallest absolute Gasteiger partial charge is 0.311 e. The maximum atomic E-state index is 13.1. The first-order valence-corrected chi connectivity index (χ1v) is 15.4. The first kappa shape index (κ1) is 30.7. The number of unbranched alkanes of at least 4 members (excludes halogenated alkanes) is 8. The summed E-state index contributed by atoms with van der Waals surface area (Å²) in [6.45, 7) is 6.43. The van der Waals surface area contributed by atoms with Gasteiger partial charge in [0.05, 0.1) is 5.39 Å². The van der Waals surface area contributed by atoms with Gasteiger partial charge in [0.25, 0.3) is 0 Å². The van der Waals surface area contributed by atoms with Crippen LogP contribution in [0.1, 0.15) is 94.3 Å². The maximum Gasteiger partial charge on any atom is 0.311 e. The summed E-state index contributed by atoms with van der Waals surface area (Å²) in [6, 6.07) is 11.2. The Hall–Kier alpha value is -3.26. The first-order valence-electron chi connectivity index (χ1n) is 15.4. The first-order chi connectivity index (χ1) is 20.0. The van der Waals surface area contributed by atoms with Crippen molar-refractivity contribution in [2.24, 2.45) is 0 Å². The molecule has 0 aliphatic carbocycles. The van der Waals surface area contributed by atoms with Gasteiger partial charge in [-0.25, -0.2) is 4.39 Å². The molecule has 2 aromatic carbocycles. The predicted octanol–water partition coefficient (Wildman–Crippen LogP) is 7.58. The van der Waals surface area contributed by atoms with Gasteiger partial charge in [0.15, 0.2) is 17.2 Å². The van der Waals surface area contributed by atoms with E-state index in [2.05, 4.69) is 21.9 Å². The van der Waals surface area contributed by atoms with E-state index in [0.29, 0.717) is 29.7 Å². The Labute approximate surface area is 243 Å². The highest BCUT2D eigenvalue weighted by atomic mass is 19.1. The van der Waals surface area contributed by atoms with Gasteiger partial charge >= 0.3 is 5.97 Å². The van der Waals surface area contributed by atoms with Crippen LogP contribution in [-0.4, -0.2) is 54.5 Å². The average molecular weight is 566 g/mol. The number of ketones is 1. The number of Topliss-reactive ketones (excluding diaryl/α,β-unsaturated/α-hetero) is 1. The van der Waals surface area contributed by atoms with Crippen LogP contribution in [0.25, 0.3) is 11.0 Å². The van der Waals surface area contributed by atoms with Gasteiger partial charge in [-0.15, -0.1) is 0 Å². The molecule has 0 unspecified atom stereocenters. The number of ether oxygens (including phenoxy) is 1. The molecule has 1 saturated heterocycles. The molecule has 0 N–H and O–H groups in total. The molecule has 0 radical (unpaired) electrons. The molecule has 2 heterocycles. The summed E-state index contributed by atoms with van der Waals surface area (Å²) < 4.78 is 24.2. The highest BCUT2D eigenvalue weighted by Crippen LogP contribution is 2.30. The van der Waals surface area contributed by atoms with Crippen molar-refractivity contribution in [3.63, 3.8) is 0 Å². The molecule has 1 aliphatic rings. The summed E-state index contributed by atoms with van der Waals surface area (Å²) >= 11 is 0. The van der Waals surface area contributed by atoms with Crippen LogP contribution in [-0.2, 0) is 4.79 Å². The van der Waals surface area contributed by atoms with Crippen molar-refractivity contribution in [2.75, 3.05) is 37.6 Å². The van der Waals surface area contributed by atoms with E-state index in [-0.39, 0.29) is 17.6 Å². The molecule has 4 rings (SSSR count). The van der Waals surface area contributed by atoms with Crippen molar-refractivity contribution in [3.05, 3.63) is 53.8 Å². The van der Waals surface area contributed by atoms with E-state index in [1.54, 1.807) is 18.2 Å². The van der Waals surface area contributed by atoms with Crippen LogP contribution in [0.3, 0.4) is 0 Å². The lowest BCUT2D eigenvalue weighted by Crippen LogP contribution is -2.46. The van der Waals surface area contributed by atoms with Gasteiger partial charge < -0.3 is 14.2 Å². The minimum Gasteiger partial charge on any atom is -0.426 e. The fourth-order valence-electron chi connectivity index (χ4n) is 5.39. The van der Waals surface area contributed by atoms with E-state index in [1.165, 1.54) is 57.1 Å². The van der Waals surface area contributed by atoms with E-state index < -0.39 is 0 Å². The maximum absolute atomic E-state index is 13.1. The SMILES string of the molecule is CCCCCCCCCCCC(=O)Oc1ccc2c(N3CCN(CCCC(=O)c4ccc(F)cc4)CC3)noc2c1. The van der Waals surface area contributed by atoms with Crippen LogP contribution in [0.15, 0.2) is 47.0 Å². The zero-order valence-electron chi connectivity index (χ0n) is 24.4. The molecule has 41 heavy (non-hydrogen) atoms. The van der Waals surface area contributed by atoms with E-state index >= 15 is 0 Å². The minimum atomic E-state index is -0.331. The molecule has 0 spiro atoms. The second-order valence-corrected chi connectivity index (χ2v) is 11.1. The van der Waals surface area contributed by atoms with Crippen LogP contribution in [0.2, 0.25) is 0 Å². The minimum absolute atomic E-state index is 0.0475. The zero-order valence-corrected chi connectivity index (χ0v) is 24.4. The number of anilines is 1. The highest BCUT2D eigenvalue weighted by Gasteiger charge is 2.22. The topological polar surface area (TPSA) is 75.9 Å². The van der Waals surface area contributed by atoms with Crippen molar-refractivity contribution < 1.29 is 23.2 Å². The zero-order chi connectivity index (χ0) is 28.9. The molecule has 0 amide bonds. The molecule has 0 bridgehead atoms. The van der Waals surface area contributed by atoms with Gasteiger partial charge in [0, 0.05) is 50.7 Å². The summed E-state index contributed by atoms with van der Waals surface area (Å²) in [4.78, 5) is 29.2. The fourth-order valence-corrected chi connectivity index (χ4v) is 5.39. The molecule has 1 aromatic heterocycles. The van der Waals surface area contributed by atoms with Gasteiger partial charge in [-0.1, -0.05) is 63.4 Å². The molecule has 222 valence electrons. The lowest BCUT2D eigenvalue weighted by atomic mass is 10.1. The number of carbonyl (C=O) groups excluding carboxylic acids is 2. The van der Waals surface area contributed by atoms with Gasteiger partial charge in [-0.2, -0.15) is 0 Å². The third-order valence-corrected chi connectivity index (χ3v) is 7.86. The second kappa shape index (κ2) is 16.2. The fraction of sp³-hybridized carbons (Fsp3) is 0.545. The number of benzene rings is 2. The molecule has 0 atom stereocenters. The number of esters is 1. The Balaban J connectivity index is 1.15. The number of rotatable bonds is 17. The molecular formula is C33H44FN3O4. The average Bonchev–Trinajstić information content (AvgIpc) is 3.40. The predicted molar refractivity (Wildman–Crippen MR) is 160 cm³/mol. The summed E-state index contributed by atoms with van der Waals surface area (Å²) in [5, 5.41) is 5.22. The van der Waals surface area contributed by atoms with Crippen molar-refractivity contribution in [2.45, 2.75) is 84.0 Å². The Kier molecular flexibility index (Phi) is 12.2. The quantitative estimate of drug-likeness (QED) is 0.0723. The molecular weight excluding hydrogens is 521 g/mol. The van der Waals surface area contributed by atoms with Crippen LogP contribution in [0, 0.1) is 5.82 Å². The van der Waals surface area contributed by atoms with Gasteiger partial charge in [0.2, 0.25) is 0 Å². The lowest BCUT2D eigenvalue weighted by Gasteiger charge is -2.34. The van der Waals surface area contributed by atoms with E-state index in [1.807, 2.05) is 12.1 Å². The number of hydrogen-bond donors (Lipinski definition) is 0. The third-order valence-electron chi connectivity index (χ3n) is 7.86. The summed E-state index contributed by atoms with van der Waals surface area (Å²) in [7, 11) is 0. The molecule has 7 nitrogen and oxygen atoms in total. The summed E-state index contributed by atoms with van der Waals surface area (Å²) in [5.74, 6) is 0.802. The molecule has 1 fully saturated rings. The summed E-state index contributed by atoms with van der Waals surface area (Å²) in [5.41, 5.74) is 1.17. The monoisotopic (exact) mass is 565 g/mol. The molecule has 1 aliphatic heterocycles. The Morgan fingerprint density at radius 1 is 0.854 bits per heavy atom. The Morgan fingerprint density at radius 3 is 2.24 bits per heavy atom. The van der Waals surface area contributed by atoms with Crippen molar-refractivity contribution in [1.82, 2.24) is 10.1 Å². The standard InChI is InChI=1S/C33H44FN3O4/c1-2-3-4-5-6-7-8-9-10-13-32(39)40-28-18-19-29-31(25-28)41-35-33(29)37-23-21-36(22-24-37)20-11-12-30(38)26-14-16-27(34)17-15-26/h14-19,25H,2-13,20-24H2,1H3. The number of piperazine rings is 1. The van der Waals surface area contributed by atoms with Crippen LogP contribution < -0.4 is 9.64 Å². The normalized spacial score (nSPS) is 14.0. The van der Waals surface area contributed by atoms with Crippen LogP contribution in [0.4, 0.5) is 10.2 Å². The molecule has 3 aromatic rings. The third kappa shape index (κ3) is 9.66. The van der Waals surface area contributed by atoms with E-state index in [4.69, 9.17) is 9.26 Å². The highest BCUT2D eigenvalue weighted by molar-refractivity contribution is 5.96. The molecule has 0 saturated carbocycles. The largest absolute Gasteiger partial charge is 0.426 e. The number of carbonyl (C=O) groups is 2. The van der Waals surface area contributed by atoms with Gasteiger partial charge in [-0.05, 0) is 55.8 Å². The molecule has 8 heteroatoms. The lowest BCUT2D eigenvalue weighted by molar-refractivity contribution is -0.134. The van der Waals surface area contributed by atoms with Gasteiger partial charge in [0.1, 0.15) is 11.6 Å². The van der Waals surface area contributed by atoms with Gasteiger partial charge in [-0.3, -0.25) is 14.5 Å². The second-order valence-electron chi connectivity index (χ2n) is 11.1. The Morgan fingerprint density at radius 2 is 1.54 bits per heavy atom. The van der Waals surface area contributed by atoms with Crippen molar-refractivity contribution in [3.8, 4) is 5.75 Å². The van der Waals surface area contributed by atoms with E-state index in [9.17, 15) is 14.0 Å². The number of halogens is 1. The number of nitrogens with zero attached hydrogens (tertiary/aromatic N) is 3. The van der Waals surface area contributed by atoms with Crippen molar-refractivity contribution in [1.29, 1.82) is 0 Å². The number of hydrogen-bond acceptors (Lipinski definition) is 7. The Bertz CT molecular complexity index is 1240. The number of fused-ring (bicyclic) bond motifs is 1. The number of aromatic nitrogens is 1.